The van der Waals surface area contributed by atoms with Crippen molar-refractivity contribution in [2.24, 2.45) is 5.92 Å². The van der Waals surface area contributed by atoms with Crippen molar-refractivity contribution < 1.29 is 9.53 Å². The fraction of sp³-hybridized carbons (Fsp3) is 0.316. The Labute approximate surface area is 131 Å². The Balaban J connectivity index is 1.48. The molecule has 1 saturated heterocycles. The molecule has 0 bridgehead atoms. The van der Waals surface area contributed by atoms with E-state index in [4.69, 9.17) is 4.74 Å². The van der Waals surface area contributed by atoms with Gasteiger partial charge in [-0.15, -0.1) is 0 Å². The quantitative estimate of drug-likeness (QED) is 0.851. The topological polar surface area (TPSA) is 29.5 Å². The average molecular weight is 295 g/mol. The van der Waals surface area contributed by atoms with Crippen molar-refractivity contribution in [3.05, 3.63) is 66.2 Å². The predicted octanol–water partition coefficient (Wildman–Crippen LogP) is 4.14. The largest absolute Gasteiger partial charge is 0.415 e. The number of rotatable bonds is 3. The van der Waals surface area contributed by atoms with E-state index in [1.54, 1.807) is 12.1 Å². The molecule has 0 aliphatic carbocycles. The van der Waals surface area contributed by atoms with Crippen molar-refractivity contribution in [2.45, 2.75) is 19.3 Å². The van der Waals surface area contributed by atoms with E-state index in [9.17, 15) is 4.79 Å². The fourth-order valence-corrected chi connectivity index (χ4v) is 2.92. The van der Waals surface area contributed by atoms with Gasteiger partial charge in [-0.1, -0.05) is 48.5 Å². The lowest BCUT2D eigenvalue weighted by molar-refractivity contribution is 0.131. The van der Waals surface area contributed by atoms with Gasteiger partial charge in [0.15, 0.2) is 0 Å². The van der Waals surface area contributed by atoms with Crippen LogP contribution in [0.15, 0.2) is 60.7 Å². The molecule has 0 N–H and O–H groups in total. The standard InChI is InChI=1S/C19H21NO2/c21-19(22-18-9-5-2-6-10-18)20-13-11-17(12-14-20)15-16-7-3-1-4-8-16/h1-10,17H,11-15H2. The second kappa shape index (κ2) is 7.12. The third kappa shape index (κ3) is 3.88. The molecule has 114 valence electrons. The number of carbonyl (C=O) groups excluding carboxylic acids is 1. The van der Waals surface area contributed by atoms with Crippen LogP contribution in [0.3, 0.4) is 0 Å². The summed E-state index contributed by atoms with van der Waals surface area (Å²) in [5.41, 5.74) is 1.38. The summed E-state index contributed by atoms with van der Waals surface area (Å²) >= 11 is 0. The zero-order valence-electron chi connectivity index (χ0n) is 12.7. The minimum Gasteiger partial charge on any atom is -0.410 e. The van der Waals surface area contributed by atoms with Gasteiger partial charge in [0, 0.05) is 13.1 Å². The summed E-state index contributed by atoms with van der Waals surface area (Å²) in [4.78, 5) is 14.0. The van der Waals surface area contributed by atoms with Crippen molar-refractivity contribution in [3.8, 4) is 5.75 Å². The highest BCUT2D eigenvalue weighted by molar-refractivity contribution is 5.70. The smallest absolute Gasteiger partial charge is 0.410 e. The van der Waals surface area contributed by atoms with Gasteiger partial charge in [-0.05, 0) is 42.9 Å². The second-order valence-electron chi connectivity index (χ2n) is 5.80. The Morgan fingerprint density at radius 2 is 1.55 bits per heavy atom. The SMILES string of the molecule is O=C(Oc1ccccc1)N1CCC(Cc2ccccc2)CC1. The Morgan fingerprint density at radius 3 is 2.18 bits per heavy atom. The first kappa shape index (κ1) is 14.6. The van der Waals surface area contributed by atoms with Crippen LogP contribution in [0.4, 0.5) is 4.79 Å². The number of benzene rings is 2. The average Bonchev–Trinajstić information content (AvgIpc) is 2.57. The Bertz CT molecular complexity index is 589. The lowest BCUT2D eigenvalue weighted by Crippen LogP contribution is -2.40. The summed E-state index contributed by atoms with van der Waals surface area (Å²) in [6, 6.07) is 19.8. The monoisotopic (exact) mass is 295 g/mol. The molecule has 0 atom stereocenters. The number of piperidine rings is 1. The molecule has 0 saturated carbocycles. The zero-order valence-corrected chi connectivity index (χ0v) is 12.7. The molecule has 3 rings (SSSR count). The van der Waals surface area contributed by atoms with Gasteiger partial charge in [-0.25, -0.2) is 4.79 Å². The van der Waals surface area contributed by atoms with Crippen molar-refractivity contribution in [1.29, 1.82) is 0 Å². The second-order valence-corrected chi connectivity index (χ2v) is 5.80. The van der Waals surface area contributed by atoms with E-state index in [1.807, 2.05) is 29.2 Å². The van der Waals surface area contributed by atoms with Crippen LogP contribution in [-0.4, -0.2) is 24.1 Å². The molecule has 0 radical (unpaired) electrons. The van der Waals surface area contributed by atoms with E-state index in [-0.39, 0.29) is 6.09 Å². The van der Waals surface area contributed by atoms with E-state index in [2.05, 4.69) is 24.3 Å². The third-order valence-electron chi connectivity index (χ3n) is 4.19. The minimum atomic E-state index is -0.232. The molecule has 1 heterocycles. The Kier molecular flexibility index (Phi) is 4.74. The summed E-state index contributed by atoms with van der Waals surface area (Å²) < 4.78 is 5.39. The van der Waals surface area contributed by atoms with Gasteiger partial charge >= 0.3 is 6.09 Å². The Morgan fingerprint density at radius 1 is 0.955 bits per heavy atom. The lowest BCUT2D eigenvalue weighted by atomic mass is 9.90. The minimum absolute atomic E-state index is 0.232. The summed E-state index contributed by atoms with van der Waals surface area (Å²) in [6.07, 6.45) is 2.95. The molecule has 22 heavy (non-hydrogen) atoms. The number of carbonyl (C=O) groups is 1. The molecular weight excluding hydrogens is 274 g/mol. The molecule has 1 aliphatic rings. The van der Waals surface area contributed by atoms with Crippen LogP contribution in [-0.2, 0) is 6.42 Å². The van der Waals surface area contributed by atoms with Crippen molar-refractivity contribution in [3.63, 3.8) is 0 Å². The molecule has 3 heteroatoms. The highest BCUT2D eigenvalue weighted by Gasteiger charge is 2.24. The van der Waals surface area contributed by atoms with E-state index in [0.29, 0.717) is 11.7 Å². The molecule has 1 amide bonds. The number of likely N-dealkylation sites (tertiary alicyclic amines) is 1. The highest BCUT2D eigenvalue weighted by Crippen LogP contribution is 2.22. The summed E-state index contributed by atoms with van der Waals surface area (Å²) in [7, 11) is 0. The predicted molar refractivity (Wildman–Crippen MR) is 86.9 cm³/mol. The van der Waals surface area contributed by atoms with E-state index in [0.717, 1.165) is 32.4 Å². The van der Waals surface area contributed by atoms with Crippen LogP contribution in [0.2, 0.25) is 0 Å². The van der Waals surface area contributed by atoms with Gasteiger partial charge in [0.2, 0.25) is 0 Å². The number of ether oxygens (including phenoxy) is 1. The van der Waals surface area contributed by atoms with Gasteiger partial charge in [-0.3, -0.25) is 0 Å². The molecule has 3 nitrogen and oxygen atoms in total. The first-order chi connectivity index (χ1) is 10.8. The molecule has 1 aliphatic heterocycles. The van der Waals surface area contributed by atoms with Gasteiger partial charge in [0.25, 0.3) is 0 Å². The zero-order chi connectivity index (χ0) is 15.2. The fourth-order valence-electron chi connectivity index (χ4n) is 2.92. The van der Waals surface area contributed by atoms with Crippen molar-refractivity contribution in [2.75, 3.05) is 13.1 Å². The molecule has 2 aromatic rings. The maximum atomic E-state index is 12.1. The van der Waals surface area contributed by atoms with E-state index < -0.39 is 0 Å². The van der Waals surface area contributed by atoms with Gasteiger partial charge < -0.3 is 9.64 Å². The number of para-hydroxylation sites is 1. The molecule has 2 aromatic carbocycles. The molecular formula is C19H21NO2. The van der Waals surface area contributed by atoms with Crippen molar-refractivity contribution >= 4 is 6.09 Å². The third-order valence-corrected chi connectivity index (χ3v) is 4.19. The van der Waals surface area contributed by atoms with Crippen LogP contribution in [0.1, 0.15) is 18.4 Å². The van der Waals surface area contributed by atoms with Crippen LogP contribution >= 0.6 is 0 Å². The first-order valence-electron chi connectivity index (χ1n) is 7.87. The van der Waals surface area contributed by atoms with Crippen LogP contribution in [0.25, 0.3) is 0 Å². The van der Waals surface area contributed by atoms with Crippen LogP contribution in [0, 0.1) is 5.92 Å². The van der Waals surface area contributed by atoms with Gasteiger partial charge in [-0.2, -0.15) is 0 Å². The van der Waals surface area contributed by atoms with Crippen LogP contribution < -0.4 is 4.74 Å². The first-order valence-corrected chi connectivity index (χ1v) is 7.87. The van der Waals surface area contributed by atoms with E-state index in [1.165, 1.54) is 5.56 Å². The normalized spacial score (nSPS) is 15.5. The molecule has 0 aromatic heterocycles. The van der Waals surface area contributed by atoms with Gasteiger partial charge in [0.1, 0.15) is 5.75 Å². The number of amides is 1. The summed E-state index contributed by atoms with van der Waals surface area (Å²) in [5.74, 6) is 1.27. The highest BCUT2D eigenvalue weighted by atomic mass is 16.6. The maximum absolute atomic E-state index is 12.1. The number of nitrogens with zero attached hydrogens (tertiary/aromatic N) is 1. The van der Waals surface area contributed by atoms with Gasteiger partial charge in [0.05, 0.1) is 0 Å². The summed E-state index contributed by atoms with van der Waals surface area (Å²) in [6.45, 7) is 1.56. The molecule has 0 spiro atoms. The van der Waals surface area contributed by atoms with E-state index >= 15 is 0 Å². The molecule has 0 unspecified atom stereocenters. The number of hydrogen-bond acceptors (Lipinski definition) is 2. The Hall–Kier alpha value is -2.29. The lowest BCUT2D eigenvalue weighted by Gasteiger charge is -2.31. The van der Waals surface area contributed by atoms with Crippen molar-refractivity contribution in [1.82, 2.24) is 4.90 Å². The molecule has 1 fully saturated rings. The maximum Gasteiger partial charge on any atom is 0.415 e. The number of hydrogen-bond donors (Lipinski definition) is 0. The summed E-state index contributed by atoms with van der Waals surface area (Å²) in [5, 5.41) is 0. The van der Waals surface area contributed by atoms with Crippen LogP contribution in [0.5, 0.6) is 5.75 Å².